The van der Waals surface area contributed by atoms with Gasteiger partial charge in [0.2, 0.25) is 0 Å². The van der Waals surface area contributed by atoms with Crippen LogP contribution >= 0.6 is 0 Å². The fourth-order valence-corrected chi connectivity index (χ4v) is 9.09. The van der Waals surface area contributed by atoms with Gasteiger partial charge in [0.15, 0.2) is 0 Å². The van der Waals surface area contributed by atoms with Crippen LogP contribution in [0.3, 0.4) is 0 Å². The topological polar surface area (TPSA) is 15.7 Å². The number of rotatable bonds is 7. The van der Waals surface area contributed by atoms with E-state index in [0.29, 0.717) is 0 Å². The molecule has 2 heterocycles. The van der Waals surface area contributed by atoms with Crippen molar-refractivity contribution < 1.29 is 4.74 Å². The lowest BCUT2D eigenvalue weighted by molar-refractivity contribution is 0.487. The second-order valence-electron chi connectivity index (χ2n) is 16.7. The van der Waals surface area contributed by atoms with Crippen LogP contribution in [0.5, 0.6) is 11.5 Å². The largest absolute Gasteiger partial charge is 0.458 e. The van der Waals surface area contributed by atoms with Gasteiger partial charge < -0.3 is 14.5 Å². The van der Waals surface area contributed by atoms with Crippen molar-refractivity contribution in [2.45, 2.75) is 47.5 Å². The summed E-state index contributed by atoms with van der Waals surface area (Å²) in [5.74, 6) is 1.77. The Morgan fingerprint density at radius 2 is 0.898 bits per heavy atom. The van der Waals surface area contributed by atoms with E-state index in [1.807, 2.05) is 0 Å². The van der Waals surface area contributed by atoms with Crippen molar-refractivity contribution in [1.29, 1.82) is 0 Å². The molecule has 2 aliphatic rings. The molecule has 0 saturated heterocycles. The van der Waals surface area contributed by atoms with Crippen LogP contribution < -0.4 is 30.9 Å². The summed E-state index contributed by atoms with van der Waals surface area (Å²) in [5, 5.41) is 0. The average molecular weight is 763 g/mol. The summed E-state index contributed by atoms with van der Waals surface area (Å²) in [7, 11) is 0. The summed E-state index contributed by atoms with van der Waals surface area (Å²) in [6, 6.07) is 63.1. The molecule has 0 fully saturated rings. The van der Waals surface area contributed by atoms with Crippen LogP contribution in [0.4, 0.5) is 34.1 Å². The van der Waals surface area contributed by atoms with Crippen molar-refractivity contribution >= 4 is 57.2 Å². The van der Waals surface area contributed by atoms with E-state index in [1.165, 1.54) is 72.1 Å². The molecule has 4 heteroatoms. The minimum absolute atomic E-state index is 0.00891. The van der Waals surface area contributed by atoms with Crippen LogP contribution in [0.1, 0.15) is 56.0 Å². The molecule has 8 aromatic rings. The Kier molecular flexibility index (Phi) is 9.02. The highest BCUT2D eigenvalue weighted by Crippen LogP contribution is 2.46. The molecule has 0 aromatic heterocycles. The molecule has 0 atom stereocenters. The molecule has 0 unspecified atom stereocenters. The number of benzene rings is 8. The quantitative estimate of drug-likeness (QED) is 0.119. The van der Waals surface area contributed by atoms with E-state index >= 15 is 0 Å². The number of hydrogen-bond acceptors (Lipinski definition) is 3. The first-order valence-corrected chi connectivity index (χ1v) is 20.7. The Balaban J connectivity index is 1.22. The van der Waals surface area contributed by atoms with Gasteiger partial charge in [-0.2, -0.15) is 0 Å². The van der Waals surface area contributed by atoms with E-state index < -0.39 is 0 Å². The molecule has 0 bridgehead atoms. The highest BCUT2D eigenvalue weighted by Gasteiger charge is 2.43. The molecule has 3 nitrogen and oxygen atoms in total. The lowest BCUT2D eigenvalue weighted by Gasteiger charge is -2.41. The molecular formula is C55H47BN2O. The van der Waals surface area contributed by atoms with Crippen molar-refractivity contribution in [1.82, 2.24) is 0 Å². The molecule has 0 amide bonds. The third-order valence-electron chi connectivity index (χ3n) is 12.2. The number of anilines is 6. The Morgan fingerprint density at radius 1 is 0.407 bits per heavy atom. The predicted octanol–water partition coefficient (Wildman–Crippen LogP) is 12.6. The van der Waals surface area contributed by atoms with E-state index in [4.69, 9.17) is 4.74 Å². The summed E-state index contributed by atoms with van der Waals surface area (Å²) < 4.78 is 7.32. The lowest BCUT2D eigenvalue weighted by atomic mass is 9.34. The average Bonchev–Trinajstić information content (AvgIpc) is 3.24. The molecule has 286 valence electrons. The molecule has 2 aliphatic heterocycles. The maximum atomic E-state index is 7.32. The maximum Gasteiger partial charge on any atom is 0.256 e. The third-order valence-corrected chi connectivity index (χ3v) is 12.2. The van der Waals surface area contributed by atoms with Crippen LogP contribution in [-0.4, -0.2) is 6.71 Å². The molecule has 0 N–H and O–H groups in total. The van der Waals surface area contributed by atoms with Gasteiger partial charge in [0, 0.05) is 46.1 Å². The summed E-state index contributed by atoms with van der Waals surface area (Å²) in [5.41, 5.74) is 21.5. The first-order chi connectivity index (χ1) is 28.7. The van der Waals surface area contributed by atoms with Crippen LogP contribution in [0.2, 0.25) is 0 Å². The Morgan fingerprint density at radius 3 is 1.46 bits per heavy atom. The monoisotopic (exact) mass is 762 g/mol. The number of hydrogen-bond donors (Lipinski definition) is 0. The molecular weight excluding hydrogens is 715 g/mol. The normalized spacial score (nSPS) is 12.5. The zero-order valence-electron chi connectivity index (χ0n) is 34.6. The molecule has 0 spiro atoms. The van der Waals surface area contributed by atoms with Gasteiger partial charge in [-0.05, 0) is 135 Å². The van der Waals surface area contributed by atoms with Crippen LogP contribution in [0.15, 0.2) is 170 Å². The standard InChI is InChI=1S/C55H47BN2O/c1-35-7-18-41(19-8-35)54(42-20-9-36(2)10-21-42)43-32-51-55-53(33-43)59-52-34-47(57(44-22-11-37(3)12-23-44)45-24-13-38(4)14-25-45)28-29-48(52)56(55)49-31-40(6)17-30-50(49)58(51)46-26-15-39(5)16-27-46/h7-34,54H,1-6H3. The molecule has 10 rings (SSSR count). The SMILES string of the molecule is Cc1ccc(C(c2ccc(C)cc2)c2cc3c4c(c2)N(c2ccc(C)cc2)c2ccc(C)cc2B4c2ccc(N(c4ccc(C)cc4)c4ccc(C)cc4)cc2O3)cc1. The first-order valence-electron chi connectivity index (χ1n) is 20.7. The highest BCUT2D eigenvalue weighted by molar-refractivity contribution is 6.99. The molecule has 0 aliphatic carbocycles. The van der Waals surface area contributed by atoms with Crippen molar-refractivity contribution in [3.8, 4) is 11.5 Å². The van der Waals surface area contributed by atoms with Crippen molar-refractivity contribution in [3.63, 3.8) is 0 Å². The van der Waals surface area contributed by atoms with Gasteiger partial charge >= 0.3 is 0 Å². The van der Waals surface area contributed by atoms with E-state index in [-0.39, 0.29) is 12.6 Å². The summed E-state index contributed by atoms with van der Waals surface area (Å²) >= 11 is 0. The third kappa shape index (κ3) is 6.59. The van der Waals surface area contributed by atoms with Crippen LogP contribution in [0, 0.1) is 41.5 Å². The van der Waals surface area contributed by atoms with Crippen molar-refractivity contribution in [3.05, 3.63) is 220 Å². The second kappa shape index (κ2) is 14.6. The van der Waals surface area contributed by atoms with E-state index in [1.54, 1.807) is 0 Å². The van der Waals surface area contributed by atoms with E-state index in [9.17, 15) is 0 Å². The number of fused-ring (bicyclic) bond motifs is 4. The van der Waals surface area contributed by atoms with Gasteiger partial charge in [-0.3, -0.25) is 0 Å². The summed E-state index contributed by atoms with van der Waals surface area (Å²) in [6.45, 7) is 12.9. The van der Waals surface area contributed by atoms with Gasteiger partial charge in [-0.25, -0.2) is 0 Å². The van der Waals surface area contributed by atoms with Crippen LogP contribution in [-0.2, 0) is 0 Å². The number of ether oxygens (including phenoxy) is 1. The predicted molar refractivity (Wildman–Crippen MR) is 249 cm³/mol. The minimum atomic E-state index is -0.0205. The fourth-order valence-electron chi connectivity index (χ4n) is 9.09. The smallest absolute Gasteiger partial charge is 0.256 e. The van der Waals surface area contributed by atoms with Gasteiger partial charge in [0.05, 0.1) is 0 Å². The minimum Gasteiger partial charge on any atom is -0.458 e. The molecule has 59 heavy (non-hydrogen) atoms. The molecule has 0 radical (unpaired) electrons. The summed E-state index contributed by atoms with van der Waals surface area (Å²) in [4.78, 5) is 4.80. The zero-order valence-corrected chi connectivity index (χ0v) is 34.6. The summed E-state index contributed by atoms with van der Waals surface area (Å²) in [6.07, 6.45) is 0. The highest BCUT2D eigenvalue weighted by atomic mass is 16.5. The van der Waals surface area contributed by atoms with Crippen LogP contribution in [0.25, 0.3) is 0 Å². The first kappa shape index (κ1) is 36.6. The van der Waals surface area contributed by atoms with Crippen molar-refractivity contribution in [2.24, 2.45) is 0 Å². The molecule has 0 saturated carbocycles. The zero-order chi connectivity index (χ0) is 40.4. The number of aryl methyl sites for hydroxylation is 6. The Bertz CT molecular complexity index is 2750. The lowest BCUT2D eigenvalue weighted by Crippen LogP contribution is -2.59. The van der Waals surface area contributed by atoms with E-state index in [2.05, 4.69) is 221 Å². The van der Waals surface area contributed by atoms with Gasteiger partial charge in [-0.1, -0.05) is 137 Å². The second-order valence-corrected chi connectivity index (χ2v) is 16.7. The Labute approximate surface area is 349 Å². The van der Waals surface area contributed by atoms with Crippen molar-refractivity contribution in [2.75, 3.05) is 9.80 Å². The van der Waals surface area contributed by atoms with Gasteiger partial charge in [0.1, 0.15) is 11.5 Å². The molecule has 8 aromatic carbocycles. The van der Waals surface area contributed by atoms with E-state index in [0.717, 1.165) is 39.9 Å². The number of nitrogens with zero attached hydrogens (tertiary/aromatic N) is 2. The Hall–Kier alpha value is -6.78. The van der Waals surface area contributed by atoms with Gasteiger partial charge in [-0.15, -0.1) is 0 Å². The van der Waals surface area contributed by atoms with Gasteiger partial charge in [0.25, 0.3) is 6.71 Å². The maximum absolute atomic E-state index is 7.32. The fraction of sp³-hybridized carbons (Fsp3) is 0.127.